The van der Waals surface area contributed by atoms with Crippen LogP contribution >= 0.6 is 15.9 Å². The zero-order valence-corrected chi connectivity index (χ0v) is 14.3. The number of amides is 1. The fourth-order valence-electron chi connectivity index (χ4n) is 2.43. The Hall–Kier alpha value is -2.67. The summed E-state index contributed by atoms with van der Waals surface area (Å²) in [6.45, 7) is 0. The Morgan fingerprint density at radius 3 is 2.67 bits per heavy atom. The van der Waals surface area contributed by atoms with Crippen molar-refractivity contribution in [2.45, 2.75) is 4.83 Å². The molecular weight excluding hydrogens is 376 g/mol. The van der Waals surface area contributed by atoms with Crippen LogP contribution in [0, 0.1) is 0 Å². The highest BCUT2D eigenvalue weighted by atomic mass is 79.9. The number of carbonyl (C=O) groups is 1. The number of H-pyrrole nitrogens is 1. The number of fused-ring (bicyclic) bond motifs is 1. The Labute approximate surface area is 146 Å². The number of hydrogen-bond donors (Lipinski definition) is 4. The smallest absolute Gasteiger partial charge is 0.242 e. The summed E-state index contributed by atoms with van der Waals surface area (Å²) in [6, 6.07) is 12.1. The van der Waals surface area contributed by atoms with Gasteiger partial charge in [-0.05, 0) is 35.9 Å². The minimum atomic E-state index is -0.559. The van der Waals surface area contributed by atoms with Crippen molar-refractivity contribution in [2.24, 2.45) is 0 Å². The number of rotatable bonds is 4. The number of alkyl halides is 1. The molecule has 3 rings (SSSR count). The molecule has 0 bridgehead atoms. The lowest BCUT2D eigenvalue weighted by Gasteiger charge is -2.12. The molecule has 124 valence electrons. The Balaban J connectivity index is 1.82. The third-order valence-electron chi connectivity index (χ3n) is 3.65. The van der Waals surface area contributed by atoms with Gasteiger partial charge in [0.15, 0.2) is 11.8 Å². The maximum atomic E-state index is 12.4. The van der Waals surface area contributed by atoms with Crippen LogP contribution < -0.4 is 10.1 Å². The van der Waals surface area contributed by atoms with Gasteiger partial charge in [-0.1, -0.05) is 28.1 Å². The molecule has 6 nitrogen and oxygen atoms in total. The molecule has 2 aromatic carbocycles. The fraction of sp³-hybridized carbons (Fsp3) is 0.118. The van der Waals surface area contributed by atoms with Gasteiger partial charge in [-0.25, -0.2) is 0 Å². The van der Waals surface area contributed by atoms with Crippen molar-refractivity contribution in [3.63, 3.8) is 0 Å². The van der Waals surface area contributed by atoms with Gasteiger partial charge in [0.25, 0.3) is 0 Å². The van der Waals surface area contributed by atoms with Crippen LogP contribution in [0.5, 0.6) is 17.5 Å². The minimum Gasteiger partial charge on any atom is -0.497 e. The third-order valence-corrected chi connectivity index (χ3v) is 4.60. The summed E-state index contributed by atoms with van der Waals surface area (Å²) >= 11 is 3.38. The molecule has 0 saturated carbocycles. The zero-order valence-electron chi connectivity index (χ0n) is 12.7. The van der Waals surface area contributed by atoms with Crippen LogP contribution in [-0.2, 0) is 4.79 Å². The normalized spacial score (nSPS) is 12.1. The van der Waals surface area contributed by atoms with E-state index in [1.807, 2.05) is 12.1 Å². The molecule has 0 aliphatic carbocycles. The monoisotopic (exact) mass is 390 g/mol. The first-order chi connectivity index (χ1) is 11.5. The second-order valence-corrected chi connectivity index (χ2v) is 6.13. The van der Waals surface area contributed by atoms with Gasteiger partial charge >= 0.3 is 0 Å². The largest absolute Gasteiger partial charge is 0.497 e. The van der Waals surface area contributed by atoms with Crippen molar-refractivity contribution in [1.82, 2.24) is 4.98 Å². The second-order valence-electron chi connectivity index (χ2n) is 5.21. The Morgan fingerprint density at radius 1 is 1.17 bits per heavy atom. The zero-order chi connectivity index (χ0) is 17.3. The predicted octanol–water partition coefficient (Wildman–Crippen LogP) is 3.66. The highest BCUT2D eigenvalue weighted by Crippen LogP contribution is 2.34. The summed E-state index contributed by atoms with van der Waals surface area (Å²) in [5, 5.41) is 23.1. The van der Waals surface area contributed by atoms with E-state index in [1.165, 1.54) is 0 Å². The molecule has 0 radical (unpaired) electrons. The molecule has 0 fully saturated rings. The molecule has 0 aliphatic heterocycles. The van der Waals surface area contributed by atoms with E-state index in [-0.39, 0.29) is 17.7 Å². The molecule has 1 atom stereocenters. The molecule has 4 N–H and O–H groups in total. The number of benzene rings is 2. The topological polar surface area (TPSA) is 94.6 Å². The number of aromatic nitrogens is 1. The maximum absolute atomic E-state index is 12.4. The van der Waals surface area contributed by atoms with Crippen LogP contribution in [-0.4, -0.2) is 28.2 Å². The molecule has 0 saturated heterocycles. The van der Waals surface area contributed by atoms with Crippen LogP contribution in [0.3, 0.4) is 0 Å². The molecule has 1 amide bonds. The Morgan fingerprint density at radius 2 is 1.92 bits per heavy atom. The molecule has 0 aliphatic rings. The number of halogens is 1. The number of carbonyl (C=O) groups excluding carboxylic acids is 1. The highest BCUT2D eigenvalue weighted by molar-refractivity contribution is 9.09. The van der Waals surface area contributed by atoms with E-state index in [9.17, 15) is 15.0 Å². The van der Waals surface area contributed by atoms with Crippen LogP contribution in [0.25, 0.3) is 10.8 Å². The summed E-state index contributed by atoms with van der Waals surface area (Å²) in [5.74, 6) is 0.137. The summed E-state index contributed by atoms with van der Waals surface area (Å²) in [6.07, 6.45) is 0. The first-order valence-electron chi connectivity index (χ1n) is 7.12. The summed E-state index contributed by atoms with van der Waals surface area (Å²) < 4.78 is 5.16. The number of aromatic hydroxyl groups is 2. The second kappa shape index (κ2) is 6.45. The number of methoxy groups -OCH3 is 1. The van der Waals surface area contributed by atoms with Crippen molar-refractivity contribution in [2.75, 3.05) is 12.4 Å². The lowest BCUT2D eigenvalue weighted by atomic mass is 10.1. The van der Waals surface area contributed by atoms with Crippen LogP contribution in [0.1, 0.15) is 10.4 Å². The van der Waals surface area contributed by atoms with Gasteiger partial charge in [-0.15, -0.1) is 0 Å². The van der Waals surface area contributed by atoms with Gasteiger partial charge in [-0.3, -0.25) is 9.78 Å². The first-order valence-corrected chi connectivity index (χ1v) is 8.03. The van der Waals surface area contributed by atoms with Gasteiger partial charge in [0, 0.05) is 16.5 Å². The molecule has 24 heavy (non-hydrogen) atoms. The van der Waals surface area contributed by atoms with E-state index in [0.29, 0.717) is 22.2 Å². The van der Waals surface area contributed by atoms with Crippen LogP contribution in [0.4, 0.5) is 5.69 Å². The van der Waals surface area contributed by atoms with Crippen LogP contribution in [0.15, 0.2) is 42.5 Å². The van der Waals surface area contributed by atoms with Gasteiger partial charge in [-0.2, -0.15) is 0 Å². The van der Waals surface area contributed by atoms with Crippen molar-refractivity contribution in [3.8, 4) is 17.5 Å². The van der Waals surface area contributed by atoms with Crippen molar-refractivity contribution in [3.05, 3.63) is 48.0 Å². The first kappa shape index (κ1) is 16.2. The van der Waals surface area contributed by atoms with E-state index in [4.69, 9.17) is 4.74 Å². The molecule has 0 spiro atoms. The number of ether oxygens (including phenoxy) is 1. The summed E-state index contributed by atoms with van der Waals surface area (Å²) in [4.78, 5) is 14.3. The van der Waals surface area contributed by atoms with Gasteiger partial charge in [0.05, 0.1) is 7.11 Å². The van der Waals surface area contributed by atoms with Gasteiger partial charge in [0.1, 0.15) is 10.6 Å². The Kier molecular flexibility index (Phi) is 4.35. The lowest BCUT2D eigenvalue weighted by Crippen LogP contribution is -2.16. The number of hydrogen-bond acceptors (Lipinski definition) is 4. The highest BCUT2D eigenvalue weighted by Gasteiger charge is 2.18. The standard InChI is InChI=1S/C17H15BrN2O4/c1-24-11-4-2-3-9(7-11)14(18)17(23)19-10-5-6-12-13(8-10)16(22)20-15(12)21/h2-8,14,20-22H,1H3,(H,19,23). The molecule has 1 unspecified atom stereocenters. The Bertz CT molecular complexity index is 907. The van der Waals surface area contributed by atoms with Crippen molar-refractivity contribution >= 4 is 38.3 Å². The fourth-order valence-corrected chi connectivity index (χ4v) is 2.83. The average molecular weight is 391 g/mol. The van der Waals surface area contributed by atoms with Crippen molar-refractivity contribution in [1.29, 1.82) is 0 Å². The van der Waals surface area contributed by atoms with E-state index >= 15 is 0 Å². The number of nitrogens with one attached hydrogen (secondary N) is 2. The predicted molar refractivity (Wildman–Crippen MR) is 94.9 cm³/mol. The summed E-state index contributed by atoms with van der Waals surface area (Å²) in [7, 11) is 1.57. The lowest BCUT2D eigenvalue weighted by molar-refractivity contribution is -0.115. The van der Waals surface area contributed by atoms with Gasteiger partial charge in [0.2, 0.25) is 5.91 Å². The van der Waals surface area contributed by atoms with E-state index in [0.717, 1.165) is 5.56 Å². The molecule has 1 heterocycles. The van der Waals surface area contributed by atoms with E-state index < -0.39 is 4.83 Å². The van der Waals surface area contributed by atoms with Crippen molar-refractivity contribution < 1.29 is 19.7 Å². The average Bonchev–Trinajstić information content (AvgIpc) is 2.88. The number of anilines is 1. The quantitative estimate of drug-likeness (QED) is 0.511. The molecule has 3 aromatic rings. The third kappa shape index (κ3) is 3.03. The number of aromatic amines is 1. The summed E-state index contributed by atoms with van der Waals surface area (Å²) in [5.41, 5.74) is 1.27. The maximum Gasteiger partial charge on any atom is 0.242 e. The SMILES string of the molecule is COc1cccc(C(Br)C(=O)Nc2ccc3c(O)[nH]c(O)c3c2)c1. The molecule has 7 heteroatoms. The van der Waals surface area contributed by atoms with E-state index in [1.54, 1.807) is 37.4 Å². The van der Waals surface area contributed by atoms with Crippen LogP contribution in [0.2, 0.25) is 0 Å². The molecular formula is C17H15BrN2O4. The molecule has 1 aromatic heterocycles. The van der Waals surface area contributed by atoms with E-state index in [2.05, 4.69) is 26.2 Å². The minimum absolute atomic E-state index is 0.116. The van der Waals surface area contributed by atoms with Gasteiger partial charge < -0.3 is 20.3 Å².